The van der Waals surface area contributed by atoms with Crippen LogP contribution < -0.4 is 18.9 Å². The van der Waals surface area contributed by atoms with Crippen LogP contribution in [0.25, 0.3) is 10.8 Å². The third-order valence-corrected chi connectivity index (χ3v) is 6.48. The van der Waals surface area contributed by atoms with E-state index in [0.29, 0.717) is 48.4 Å². The van der Waals surface area contributed by atoms with Crippen molar-refractivity contribution in [1.29, 1.82) is 0 Å². The third-order valence-electron chi connectivity index (χ3n) is 6.48. The smallest absolute Gasteiger partial charge is 0.203 e. The Morgan fingerprint density at radius 2 is 1.42 bits per heavy atom. The van der Waals surface area contributed by atoms with Crippen molar-refractivity contribution in [2.75, 3.05) is 19.8 Å². The van der Waals surface area contributed by atoms with E-state index in [-0.39, 0.29) is 12.2 Å². The normalized spacial score (nSPS) is 14.9. The lowest BCUT2D eigenvalue weighted by Crippen LogP contribution is -2.21. The molecular formula is C31H38O5. The molecule has 5 heteroatoms. The Kier molecular flexibility index (Phi) is 9.10. The fraction of sp³-hybridized carbons (Fsp3) is 0.452. The molecule has 0 radical (unpaired) electrons. The second-order valence-corrected chi connectivity index (χ2v) is 9.35. The number of hydrogen-bond acceptors (Lipinski definition) is 5. The lowest BCUT2D eigenvalue weighted by Gasteiger charge is -2.28. The monoisotopic (exact) mass is 490 g/mol. The molecule has 0 saturated carbocycles. The van der Waals surface area contributed by atoms with Gasteiger partial charge < -0.3 is 18.9 Å². The molecule has 1 atom stereocenters. The highest BCUT2D eigenvalue weighted by Crippen LogP contribution is 2.45. The summed E-state index contributed by atoms with van der Waals surface area (Å²) in [5, 5.41) is 2.00. The topological polar surface area (TPSA) is 54.0 Å². The van der Waals surface area contributed by atoms with Crippen molar-refractivity contribution in [3.05, 3.63) is 59.7 Å². The largest absolute Gasteiger partial charge is 0.490 e. The molecule has 36 heavy (non-hydrogen) atoms. The number of rotatable bonds is 13. The number of fused-ring (bicyclic) bond motifs is 3. The van der Waals surface area contributed by atoms with Gasteiger partial charge in [-0.2, -0.15) is 0 Å². The number of hydrogen-bond donors (Lipinski definition) is 0. The van der Waals surface area contributed by atoms with E-state index in [9.17, 15) is 4.79 Å². The predicted molar refractivity (Wildman–Crippen MR) is 144 cm³/mol. The summed E-state index contributed by atoms with van der Waals surface area (Å²) in [7, 11) is 0. The number of ether oxygens (including phenoxy) is 4. The van der Waals surface area contributed by atoms with Gasteiger partial charge in [-0.1, -0.05) is 70.4 Å². The summed E-state index contributed by atoms with van der Waals surface area (Å²) in [5.41, 5.74) is 1.51. The molecule has 192 valence electrons. The van der Waals surface area contributed by atoms with Gasteiger partial charge in [-0.15, -0.1) is 0 Å². The van der Waals surface area contributed by atoms with Crippen molar-refractivity contribution in [3.63, 3.8) is 0 Å². The summed E-state index contributed by atoms with van der Waals surface area (Å²) in [6.07, 6.45) is 5.80. The first-order chi connectivity index (χ1) is 17.7. The van der Waals surface area contributed by atoms with E-state index in [4.69, 9.17) is 18.9 Å². The average Bonchev–Trinajstić information content (AvgIpc) is 2.90. The van der Waals surface area contributed by atoms with Crippen molar-refractivity contribution in [2.45, 2.75) is 71.8 Å². The van der Waals surface area contributed by atoms with Gasteiger partial charge in [0.25, 0.3) is 0 Å². The molecule has 0 spiro atoms. The zero-order valence-corrected chi connectivity index (χ0v) is 21.8. The summed E-state index contributed by atoms with van der Waals surface area (Å²) in [6, 6.07) is 15.8. The van der Waals surface area contributed by atoms with Gasteiger partial charge in [0.2, 0.25) is 5.75 Å². The maximum Gasteiger partial charge on any atom is 0.203 e. The highest BCUT2D eigenvalue weighted by molar-refractivity contribution is 6.06. The summed E-state index contributed by atoms with van der Waals surface area (Å²) in [5.74, 6) is 2.69. The Balaban J connectivity index is 1.72. The quantitative estimate of drug-likeness (QED) is 0.227. The molecule has 0 bridgehead atoms. The van der Waals surface area contributed by atoms with E-state index in [1.807, 2.05) is 48.5 Å². The van der Waals surface area contributed by atoms with Crippen LogP contribution in [0.2, 0.25) is 0 Å². The van der Waals surface area contributed by atoms with E-state index in [0.717, 1.165) is 54.9 Å². The third kappa shape index (κ3) is 5.95. The van der Waals surface area contributed by atoms with Gasteiger partial charge in [0, 0.05) is 10.9 Å². The van der Waals surface area contributed by atoms with Crippen molar-refractivity contribution < 1.29 is 23.7 Å². The fourth-order valence-electron chi connectivity index (χ4n) is 4.35. The van der Waals surface area contributed by atoms with Crippen LogP contribution in [-0.4, -0.2) is 25.6 Å². The van der Waals surface area contributed by atoms with Crippen LogP contribution in [0, 0.1) is 0 Å². The van der Waals surface area contributed by atoms with Gasteiger partial charge in [-0.25, -0.2) is 0 Å². The van der Waals surface area contributed by atoms with Gasteiger partial charge in [0.1, 0.15) is 11.9 Å². The van der Waals surface area contributed by atoms with Crippen LogP contribution in [0.15, 0.2) is 48.5 Å². The minimum atomic E-state index is -0.428. The molecule has 3 aromatic rings. The zero-order valence-electron chi connectivity index (χ0n) is 21.8. The molecule has 0 amide bonds. The summed E-state index contributed by atoms with van der Waals surface area (Å²) in [6.45, 7) is 8.21. The maximum absolute atomic E-state index is 13.2. The van der Waals surface area contributed by atoms with E-state index in [1.54, 1.807) is 0 Å². The Bertz CT molecular complexity index is 1140. The fourth-order valence-corrected chi connectivity index (χ4v) is 4.35. The Hall–Kier alpha value is -3.21. The van der Waals surface area contributed by atoms with Crippen LogP contribution in [0.1, 0.15) is 87.7 Å². The first kappa shape index (κ1) is 25.9. The Morgan fingerprint density at radius 1 is 0.806 bits per heavy atom. The second-order valence-electron chi connectivity index (χ2n) is 9.35. The van der Waals surface area contributed by atoms with Crippen LogP contribution in [0.4, 0.5) is 0 Å². The average molecular weight is 491 g/mol. The number of carbonyl (C=O) groups is 1. The minimum Gasteiger partial charge on any atom is -0.490 e. The first-order valence-corrected chi connectivity index (χ1v) is 13.4. The minimum absolute atomic E-state index is 0.0807. The van der Waals surface area contributed by atoms with E-state index < -0.39 is 6.10 Å². The van der Waals surface area contributed by atoms with Crippen molar-refractivity contribution >= 4 is 16.6 Å². The molecule has 0 aromatic heterocycles. The van der Waals surface area contributed by atoms with Gasteiger partial charge >= 0.3 is 0 Å². The number of benzene rings is 3. The molecule has 0 N–H and O–H groups in total. The van der Waals surface area contributed by atoms with Gasteiger partial charge in [0.15, 0.2) is 17.3 Å². The molecule has 4 rings (SSSR count). The summed E-state index contributed by atoms with van der Waals surface area (Å²) >= 11 is 0. The molecule has 1 heterocycles. The molecule has 1 unspecified atom stereocenters. The number of unbranched alkanes of at least 4 members (excludes halogenated alkanes) is 3. The molecule has 5 nitrogen and oxygen atoms in total. The van der Waals surface area contributed by atoms with Crippen molar-refractivity contribution in [3.8, 4) is 23.0 Å². The van der Waals surface area contributed by atoms with Gasteiger partial charge in [-0.3, -0.25) is 4.79 Å². The van der Waals surface area contributed by atoms with E-state index in [2.05, 4.69) is 20.8 Å². The SMILES string of the molecule is CCCCOc1cc(C2CC(=O)c3ccc4ccccc4c3O2)cc(OCCCC)c1OCCCC. The van der Waals surface area contributed by atoms with Crippen LogP contribution in [0.3, 0.4) is 0 Å². The van der Waals surface area contributed by atoms with Crippen LogP contribution in [-0.2, 0) is 0 Å². The molecule has 0 aliphatic carbocycles. The lowest BCUT2D eigenvalue weighted by atomic mass is 9.93. The first-order valence-electron chi connectivity index (χ1n) is 13.4. The van der Waals surface area contributed by atoms with Gasteiger partial charge in [0.05, 0.1) is 31.8 Å². The van der Waals surface area contributed by atoms with Gasteiger partial charge in [-0.05, 0) is 42.8 Å². The van der Waals surface area contributed by atoms with Crippen LogP contribution in [0.5, 0.6) is 23.0 Å². The molecule has 3 aromatic carbocycles. The highest BCUT2D eigenvalue weighted by Gasteiger charge is 2.31. The molecule has 0 saturated heterocycles. The standard InChI is InChI=1S/C31H38O5/c1-4-7-16-33-28-19-23(20-29(34-17-8-5-2)31(28)35-18-9-6-3)27-21-26(32)25-15-14-22-12-10-11-13-24(22)30(25)36-27/h10-15,19-20,27H,4-9,16-18,21H2,1-3H3. The predicted octanol–water partition coefficient (Wildman–Crippen LogP) is 8.08. The summed E-state index contributed by atoms with van der Waals surface area (Å²) in [4.78, 5) is 13.2. The number of carbonyl (C=O) groups excluding carboxylic acids is 1. The van der Waals surface area contributed by atoms with Crippen molar-refractivity contribution in [1.82, 2.24) is 0 Å². The lowest BCUT2D eigenvalue weighted by molar-refractivity contribution is 0.0852. The van der Waals surface area contributed by atoms with Crippen LogP contribution >= 0.6 is 0 Å². The molecule has 1 aliphatic rings. The summed E-state index contributed by atoms with van der Waals surface area (Å²) < 4.78 is 25.1. The van der Waals surface area contributed by atoms with E-state index in [1.165, 1.54) is 0 Å². The second kappa shape index (κ2) is 12.7. The zero-order chi connectivity index (χ0) is 25.3. The Morgan fingerprint density at radius 3 is 2.06 bits per heavy atom. The molecule has 0 fully saturated rings. The molecular weight excluding hydrogens is 452 g/mol. The Labute approximate surface area is 214 Å². The number of ketones is 1. The highest BCUT2D eigenvalue weighted by atomic mass is 16.5. The number of Topliss-reactive ketones (excluding diaryl/α,β-unsaturated/α-hetero) is 1. The van der Waals surface area contributed by atoms with Crippen molar-refractivity contribution in [2.24, 2.45) is 0 Å². The molecule has 1 aliphatic heterocycles. The maximum atomic E-state index is 13.2. The van der Waals surface area contributed by atoms with E-state index >= 15 is 0 Å².